The minimum Gasteiger partial charge on any atom is -0.293 e. The fourth-order valence-corrected chi connectivity index (χ4v) is 0.953. The van der Waals surface area contributed by atoms with Crippen LogP contribution in [-0.2, 0) is 0 Å². The molecule has 0 saturated heterocycles. The Morgan fingerprint density at radius 1 is 1.42 bits per heavy atom. The molecule has 0 aliphatic carbocycles. The summed E-state index contributed by atoms with van der Waals surface area (Å²) < 4.78 is 0. The molecule has 0 amide bonds. The Morgan fingerprint density at radius 2 is 2.00 bits per heavy atom. The summed E-state index contributed by atoms with van der Waals surface area (Å²) in [5, 5.41) is 0. The van der Waals surface area contributed by atoms with Crippen molar-refractivity contribution in [2.24, 2.45) is 0 Å². The van der Waals surface area contributed by atoms with Crippen LogP contribution in [0, 0.1) is 0 Å². The zero-order chi connectivity index (χ0) is 8.97. The van der Waals surface area contributed by atoms with E-state index in [0.29, 0.717) is 11.0 Å². The van der Waals surface area contributed by atoms with Crippen LogP contribution >= 0.6 is 11.8 Å². The largest absolute Gasteiger partial charge is 0.293 e. The number of halogens is 1. The molecule has 0 atom stereocenters. The average molecular weight is 179 g/mol. The molecular weight excluding hydrogens is 172 g/mol. The third kappa shape index (κ3) is 2.36. The predicted octanol–water partition coefficient (Wildman–Crippen LogP) is 0.406. The lowest BCUT2D eigenvalue weighted by atomic mass is 9.95. The first kappa shape index (κ1) is 9.29. The lowest BCUT2D eigenvalue weighted by molar-refractivity contribution is 0.0997. The van der Waals surface area contributed by atoms with E-state index in [1.54, 1.807) is 24.3 Å². The Kier molecular flexibility index (Phi) is 3.32. The molecular formula is C8H7BClNO. The molecule has 0 spiro atoms. The van der Waals surface area contributed by atoms with Gasteiger partial charge in [-0.1, -0.05) is 29.7 Å². The topological polar surface area (TPSA) is 29.1 Å². The molecule has 2 radical (unpaired) electrons. The van der Waals surface area contributed by atoms with Crippen molar-refractivity contribution < 1.29 is 4.79 Å². The number of carbonyl (C=O) groups excluding carboxylic acids is 1. The number of benzene rings is 1. The third-order valence-corrected chi connectivity index (χ3v) is 1.59. The maximum atomic E-state index is 11.2. The van der Waals surface area contributed by atoms with Crippen LogP contribution in [0.25, 0.3) is 0 Å². The van der Waals surface area contributed by atoms with E-state index >= 15 is 0 Å². The van der Waals surface area contributed by atoms with Crippen molar-refractivity contribution in [2.75, 3.05) is 6.54 Å². The summed E-state index contributed by atoms with van der Waals surface area (Å²) in [4.78, 5) is 13.4. The average Bonchev–Trinajstić information content (AvgIpc) is 2.06. The number of Topliss-reactive ketones (excluding diaryl/α,β-unsaturated/α-hetero) is 1. The molecule has 1 rings (SSSR count). The van der Waals surface area contributed by atoms with E-state index in [-0.39, 0.29) is 12.3 Å². The van der Waals surface area contributed by atoms with Gasteiger partial charge < -0.3 is 0 Å². The fraction of sp³-hybridized carbons (Fsp3) is 0.125. The second-order valence-electron chi connectivity index (χ2n) is 2.36. The van der Waals surface area contributed by atoms with Crippen molar-refractivity contribution in [2.45, 2.75) is 0 Å². The molecule has 0 aliphatic heterocycles. The van der Waals surface area contributed by atoms with Crippen LogP contribution in [0.5, 0.6) is 0 Å². The molecule has 0 aliphatic rings. The van der Waals surface area contributed by atoms with Crippen molar-refractivity contribution >= 4 is 30.9 Å². The van der Waals surface area contributed by atoms with E-state index in [4.69, 9.17) is 19.6 Å². The van der Waals surface area contributed by atoms with E-state index in [1.807, 2.05) is 0 Å². The summed E-state index contributed by atoms with van der Waals surface area (Å²) in [5.74, 6) is -0.0509. The van der Waals surface area contributed by atoms with E-state index < -0.39 is 0 Å². The monoisotopic (exact) mass is 179 g/mol. The molecule has 0 bridgehead atoms. The van der Waals surface area contributed by atoms with Crippen molar-refractivity contribution in [3.05, 3.63) is 29.8 Å². The maximum Gasteiger partial charge on any atom is 0.177 e. The fourth-order valence-electron chi connectivity index (χ4n) is 0.832. The summed E-state index contributed by atoms with van der Waals surface area (Å²) in [6.45, 7) is 0.130. The normalized spacial score (nSPS) is 9.75. The Morgan fingerprint density at radius 3 is 2.50 bits per heavy atom. The zero-order valence-corrected chi connectivity index (χ0v) is 7.14. The van der Waals surface area contributed by atoms with E-state index in [2.05, 4.69) is 4.84 Å². The molecule has 1 aromatic rings. The van der Waals surface area contributed by atoms with Gasteiger partial charge in [-0.2, -0.15) is 0 Å². The lowest BCUT2D eigenvalue weighted by Crippen LogP contribution is -2.15. The van der Waals surface area contributed by atoms with Gasteiger partial charge in [0.25, 0.3) is 0 Å². The molecule has 0 saturated carbocycles. The van der Waals surface area contributed by atoms with Gasteiger partial charge in [-0.25, -0.2) is 4.84 Å². The van der Waals surface area contributed by atoms with Crippen LogP contribution in [-0.4, -0.2) is 20.2 Å². The molecule has 2 nitrogen and oxygen atoms in total. The SMILES string of the molecule is [B]c1ccc(C(=O)CNCl)cc1. The third-order valence-electron chi connectivity index (χ3n) is 1.46. The summed E-state index contributed by atoms with van der Waals surface area (Å²) in [6.07, 6.45) is 0. The minimum absolute atomic E-state index is 0.0509. The highest BCUT2D eigenvalue weighted by molar-refractivity contribution is 6.32. The van der Waals surface area contributed by atoms with Gasteiger partial charge in [0.15, 0.2) is 5.78 Å². The Bertz CT molecular complexity index is 273. The summed E-state index contributed by atoms with van der Waals surface area (Å²) >= 11 is 5.18. The van der Waals surface area contributed by atoms with Crippen molar-refractivity contribution in [1.82, 2.24) is 4.84 Å². The van der Waals surface area contributed by atoms with Crippen molar-refractivity contribution in [3.63, 3.8) is 0 Å². The summed E-state index contributed by atoms with van der Waals surface area (Å²) in [5.41, 5.74) is 1.25. The van der Waals surface area contributed by atoms with Crippen LogP contribution in [0.4, 0.5) is 0 Å². The molecule has 1 N–H and O–H groups in total. The predicted molar refractivity (Wildman–Crippen MR) is 50.0 cm³/mol. The van der Waals surface area contributed by atoms with E-state index in [0.717, 1.165) is 0 Å². The van der Waals surface area contributed by atoms with Gasteiger partial charge >= 0.3 is 0 Å². The number of hydrogen-bond donors (Lipinski definition) is 1. The first-order chi connectivity index (χ1) is 5.74. The first-order valence-corrected chi connectivity index (χ1v) is 3.84. The van der Waals surface area contributed by atoms with Crippen molar-refractivity contribution in [3.8, 4) is 0 Å². The summed E-state index contributed by atoms with van der Waals surface area (Å²) in [6, 6.07) is 6.71. The van der Waals surface area contributed by atoms with E-state index in [1.165, 1.54) is 0 Å². The molecule has 0 heterocycles. The molecule has 0 aromatic heterocycles. The Hall–Kier alpha value is -0.795. The van der Waals surface area contributed by atoms with Gasteiger partial charge in [-0.15, -0.1) is 0 Å². The maximum absolute atomic E-state index is 11.2. The highest BCUT2D eigenvalue weighted by Gasteiger charge is 2.02. The second kappa shape index (κ2) is 4.29. The van der Waals surface area contributed by atoms with Gasteiger partial charge in [0.1, 0.15) is 7.85 Å². The smallest absolute Gasteiger partial charge is 0.177 e. The van der Waals surface area contributed by atoms with Crippen LogP contribution in [0.3, 0.4) is 0 Å². The Balaban J connectivity index is 2.75. The zero-order valence-electron chi connectivity index (χ0n) is 6.38. The highest BCUT2D eigenvalue weighted by atomic mass is 35.5. The molecule has 0 fully saturated rings. The quantitative estimate of drug-likeness (QED) is 0.414. The molecule has 4 heteroatoms. The van der Waals surface area contributed by atoms with Gasteiger partial charge in [0.2, 0.25) is 0 Å². The van der Waals surface area contributed by atoms with Crippen LogP contribution < -0.4 is 10.3 Å². The highest BCUT2D eigenvalue weighted by Crippen LogP contribution is 1.97. The van der Waals surface area contributed by atoms with Crippen LogP contribution in [0.2, 0.25) is 0 Å². The first-order valence-electron chi connectivity index (χ1n) is 3.46. The summed E-state index contributed by atoms with van der Waals surface area (Å²) in [7, 11) is 5.45. The minimum atomic E-state index is -0.0509. The number of nitrogens with one attached hydrogen (secondary N) is 1. The molecule has 1 aromatic carbocycles. The standard InChI is InChI=1S/C8H7BClNO/c9-7-3-1-6(2-4-7)8(12)5-11-10/h1-4,11H,5H2. The van der Waals surface area contributed by atoms with Crippen molar-refractivity contribution in [1.29, 1.82) is 0 Å². The number of rotatable bonds is 3. The molecule has 60 valence electrons. The van der Waals surface area contributed by atoms with Crippen LogP contribution in [0.1, 0.15) is 10.4 Å². The number of ketones is 1. The van der Waals surface area contributed by atoms with Gasteiger partial charge in [-0.05, 0) is 11.8 Å². The molecule has 12 heavy (non-hydrogen) atoms. The Labute approximate surface area is 77.4 Å². The van der Waals surface area contributed by atoms with Crippen LogP contribution in [0.15, 0.2) is 24.3 Å². The number of carbonyl (C=O) groups is 1. The van der Waals surface area contributed by atoms with Gasteiger partial charge in [-0.3, -0.25) is 4.79 Å². The second-order valence-corrected chi connectivity index (χ2v) is 2.62. The van der Waals surface area contributed by atoms with Gasteiger partial charge in [0, 0.05) is 5.56 Å². The number of hydrogen-bond acceptors (Lipinski definition) is 2. The molecule has 0 unspecified atom stereocenters. The van der Waals surface area contributed by atoms with Gasteiger partial charge in [0.05, 0.1) is 6.54 Å². The lowest BCUT2D eigenvalue weighted by Gasteiger charge is -1.98. The van der Waals surface area contributed by atoms with E-state index in [9.17, 15) is 4.79 Å².